The maximum absolute atomic E-state index is 12.0. The predicted molar refractivity (Wildman–Crippen MR) is 73.5 cm³/mol. The van der Waals surface area contributed by atoms with Gasteiger partial charge in [-0.3, -0.25) is 9.69 Å². The monoisotopic (exact) mass is 285 g/mol. The van der Waals surface area contributed by atoms with E-state index in [1.807, 2.05) is 0 Å². The Bertz CT molecular complexity index is 479. The highest BCUT2D eigenvalue weighted by Gasteiger charge is 2.18. The molecule has 104 valence electrons. The zero-order valence-electron chi connectivity index (χ0n) is 10.8. The summed E-state index contributed by atoms with van der Waals surface area (Å²) >= 11 is 5.85. The van der Waals surface area contributed by atoms with Gasteiger partial charge in [0.15, 0.2) is 0 Å². The summed E-state index contributed by atoms with van der Waals surface area (Å²) in [5.41, 5.74) is 5.75. The first-order chi connectivity index (χ1) is 8.99. The highest BCUT2D eigenvalue weighted by Crippen LogP contribution is 2.27. The highest BCUT2D eigenvalue weighted by molar-refractivity contribution is 6.31. The Morgan fingerprint density at radius 2 is 2.16 bits per heavy atom. The van der Waals surface area contributed by atoms with Gasteiger partial charge in [-0.1, -0.05) is 11.6 Å². The van der Waals surface area contributed by atoms with Crippen LogP contribution in [0, 0.1) is 0 Å². The number of hydrogen-bond donors (Lipinski definition) is 2. The summed E-state index contributed by atoms with van der Waals surface area (Å²) in [6.07, 6.45) is 0. The molecule has 1 rings (SSSR count). The van der Waals surface area contributed by atoms with E-state index in [1.54, 1.807) is 18.2 Å². The first-order valence-electron chi connectivity index (χ1n) is 5.62. The number of ether oxygens (including phenoxy) is 1. The van der Waals surface area contributed by atoms with Crippen LogP contribution in [0.15, 0.2) is 18.2 Å². The van der Waals surface area contributed by atoms with Crippen molar-refractivity contribution in [1.29, 1.82) is 0 Å². The molecule has 7 heteroatoms. The number of carbonyl (C=O) groups excluding carboxylic acids is 2. The largest absolute Gasteiger partial charge is 0.495 e. The molecule has 0 radical (unpaired) electrons. The number of methoxy groups -OCH3 is 1. The number of rotatable bonds is 4. The molecular weight excluding hydrogens is 270 g/mol. The van der Waals surface area contributed by atoms with Gasteiger partial charge in [0, 0.05) is 25.0 Å². The van der Waals surface area contributed by atoms with Crippen molar-refractivity contribution in [1.82, 2.24) is 4.90 Å². The predicted octanol–water partition coefficient (Wildman–Crippen LogP) is 1.69. The molecule has 1 aromatic rings. The molecule has 6 nitrogen and oxygen atoms in total. The van der Waals surface area contributed by atoms with E-state index in [1.165, 1.54) is 14.0 Å². The van der Waals surface area contributed by atoms with Gasteiger partial charge in [-0.2, -0.15) is 0 Å². The number of urea groups is 1. The Morgan fingerprint density at radius 3 is 2.68 bits per heavy atom. The van der Waals surface area contributed by atoms with E-state index in [-0.39, 0.29) is 19.0 Å². The molecule has 0 saturated carbocycles. The summed E-state index contributed by atoms with van der Waals surface area (Å²) in [5.74, 6) is 0.0675. The molecule has 0 fully saturated rings. The first-order valence-corrected chi connectivity index (χ1v) is 6.00. The Labute approximate surface area is 116 Å². The number of nitrogens with two attached hydrogens (primary N) is 1. The maximum Gasteiger partial charge on any atom is 0.328 e. The van der Waals surface area contributed by atoms with E-state index in [0.717, 1.165) is 4.90 Å². The van der Waals surface area contributed by atoms with Gasteiger partial charge < -0.3 is 15.8 Å². The molecule has 3 N–H and O–H groups in total. The van der Waals surface area contributed by atoms with E-state index in [4.69, 9.17) is 22.1 Å². The molecule has 0 aliphatic rings. The van der Waals surface area contributed by atoms with Gasteiger partial charge in [0.25, 0.3) is 0 Å². The number of carbonyl (C=O) groups is 2. The number of nitrogens with one attached hydrogen (secondary N) is 1. The van der Waals surface area contributed by atoms with Crippen molar-refractivity contribution >= 4 is 29.2 Å². The van der Waals surface area contributed by atoms with Gasteiger partial charge in [0.05, 0.1) is 12.8 Å². The zero-order valence-corrected chi connectivity index (χ0v) is 11.5. The fourth-order valence-electron chi connectivity index (χ4n) is 1.49. The van der Waals surface area contributed by atoms with Gasteiger partial charge >= 0.3 is 6.03 Å². The molecule has 0 aliphatic carbocycles. The molecule has 0 aromatic heterocycles. The van der Waals surface area contributed by atoms with Crippen LogP contribution in [-0.4, -0.2) is 37.0 Å². The molecule has 0 saturated heterocycles. The molecule has 0 aliphatic heterocycles. The summed E-state index contributed by atoms with van der Waals surface area (Å²) in [6.45, 7) is 1.63. The third kappa shape index (κ3) is 4.11. The molecule has 3 amide bonds. The van der Waals surface area contributed by atoms with Crippen molar-refractivity contribution < 1.29 is 14.3 Å². The third-order valence-corrected chi connectivity index (χ3v) is 2.62. The van der Waals surface area contributed by atoms with E-state index >= 15 is 0 Å². The summed E-state index contributed by atoms with van der Waals surface area (Å²) in [7, 11) is 1.47. The standard InChI is InChI=1S/C12H16ClN3O3/c1-8(17)16(6-5-14)12(18)15-10-7-9(13)3-4-11(10)19-2/h3-4,7H,5-6,14H2,1-2H3,(H,15,18). The number of nitrogens with zero attached hydrogens (tertiary/aromatic N) is 1. The molecule has 0 atom stereocenters. The van der Waals surface area contributed by atoms with Crippen LogP contribution in [0.2, 0.25) is 5.02 Å². The van der Waals surface area contributed by atoms with Gasteiger partial charge in [0.1, 0.15) is 5.75 Å². The fraction of sp³-hybridized carbons (Fsp3) is 0.333. The van der Waals surface area contributed by atoms with Gasteiger partial charge in [-0.05, 0) is 18.2 Å². The maximum atomic E-state index is 12.0. The van der Waals surface area contributed by atoms with Crippen LogP contribution in [0.25, 0.3) is 0 Å². The molecule has 0 unspecified atom stereocenters. The number of amides is 3. The number of imide groups is 1. The zero-order chi connectivity index (χ0) is 14.4. The van der Waals surface area contributed by atoms with E-state index in [9.17, 15) is 9.59 Å². The lowest BCUT2D eigenvalue weighted by molar-refractivity contribution is -0.125. The molecule has 0 bridgehead atoms. The Balaban J connectivity index is 2.91. The fourth-order valence-corrected chi connectivity index (χ4v) is 1.66. The third-order valence-electron chi connectivity index (χ3n) is 2.38. The van der Waals surface area contributed by atoms with E-state index < -0.39 is 6.03 Å². The minimum Gasteiger partial charge on any atom is -0.495 e. The second-order valence-electron chi connectivity index (χ2n) is 3.73. The quantitative estimate of drug-likeness (QED) is 0.881. The number of hydrogen-bond acceptors (Lipinski definition) is 4. The van der Waals surface area contributed by atoms with Crippen LogP contribution in [0.4, 0.5) is 10.5 Å². The topological polar surface area (TPSA) is 84.7 Å². The minimum atomic E-state index is -0.571. The summed E-state index contributed by atoms with van der Waals surface area (Å²) in [4.78, 5) is 24.3. The number of benzene rings is 1. The van der Waals surface area contributed by atoms with Crippen LogP contribution >= 0.6 is 11.6 Å². The lowest BCUT2D eigenvalue weighted by Gasteiger charge is -2.19. The molecule has 0 heterocycles. The van der Waals surface area contributed by atoms with Crippen LogP contribution in [0.3, 0.4) is 0 Å². The van der Waals surface area contributed by atoms with Crippen molar-refractivity contribution in [2.45, 2.75) is 6.92 Å². The Morgan fingerprint density at radius 1 is 1.47 bits per heavy atom. The summed E-state index contributed by atoms with van der Waals surface area (Å²) < 4.78 is 5.10. The highest BCUT2D eigenvalue weighted by atomic mass is 35.5. The lowest BCUT2D eigenvalue weighted by atomic mass is 10.3. The van der Waals surface area contributed by atoms with Crippen LogP contribution in [0.1, 0.15) is 6.92 Å². The Hall–Kier alpha value is -1.79. The summed E-state index contributed by atoms with van der Waals surface area (Å²) in [6, 6.07) is 4.23. The number of halogens is 1. The van der Waals surface area contributed by atoms with Crippen LogP contribution < -0.4 is 15.8 Å². The van der Waals surface area contributed by atoms with Crippen molar-refractivity contribution in [3.05, 3.63) is 23.2 Å². The molecule has 19 heavy (non-hydrogen) atoms. The van der Waals surface area contributed by atoms with Crippen molar-refractivity contribution in [3.8, 4) is 5.75 Å². The lowest BCUT2D eigenvalue weighted by Crippen LogP contribution is -2.41. The van der Waals surface area contributed by atoms with E-state index in [2.05, 4.69) is 5.32 Å². The Kier molecular flexibility index (Phi) is 5.59. The van der Waals surface area contributed by atoms with Crippen molar-refractivity contribution in [3.63, 3.8) is 0 Å². The van der Waals surface area contributed by atoms with Gasteiger partial charge in [0.2, 0.25) is 5.91 Å². The van der Waals surface area contributed by atoms with Crippen molar-refractivity contribution in [2.75, 3.05) is 25.5 Å². The SMILES string of the molecule is COc1ccc(Cl)cc1NC(=O)N(CCN)C(C)=O. The number of anilines is 1. The average Bonchev–Trinajstić information content (AvgIpc) is 2.35. The summed E-state index contributed by atoms with van der Waals surface area (Å²) in [5, 5.41) is 3.02. The van der Waals surface area contributed by atoms with E-state index in [0.29, 0.717) is 16.5 Å². The minimum absolute atomic E-state index is 0.143. The molecule has 1 aromatic carbocycles. The average molecular weight is 286 g/mol. The normalized spacial score (nSPS) is 9.89. The van der Waals surface area contributed by atoms with Crippen molar-refractivity contribution in [2.24, 2.45) is 5.73 Å². The van der Waals surface area contributed by atoms with Gasteiger partial charge in [-0.15, -0.1) is 0 Å². The second-order valence-corrected chi connectivity index (χ2v) is 4.17. The molecule has 0 spiro atoms. The van der Waals surface area contributed by atoms with Crippen LogP contribution in [0.5, 0.6) is 5.75 Å². The van der Waals surface area contributed by atoms with Gasteiger partial charge in [-0.25, -0.2) is 4.79 Å². The second kappa shape index (κ2) is 6.96. The first kappa shape index (κ1) is 15.3. The van der Waals surface area contributed by atoms with Crippen LogP contribution in [-0.2, 0) is 4.79 Å². The smallest absolute Gasteiger partial charge is 0.328 e. The molecular formula is C12H16ClN3O3.